The van der Waals surface area contributed by atoms with Crippen molar-refractivity contribution in [2.24, 2.45) is 4.99 Å². The zero-order valence-corrected chi connectivity index (χ0v) is 22.1. The fourth-order valence-corrected chi connectivity index (χ4v) is 4.06. The number of nitrogens with zero attached hydrogens (tertiary/aromatic N) is 5. The quantitative estimate of drug-likeness (QED) is 0.282. The number of ether oxygens (including phenoxy) is 1. The number of hydrogen-bond donors (Lipinski definition) is 2. The summed E-state index contributed by atoms with van der Waals surface area (Å²) in [5, 5.41) is 14.9. The molecule has 8 nitrogen and oxygen atoms in total. The molecular weight excluding hydrogens is 517 g/mol. The smallest absolute Gasteiger partial charge is 0.191 e. The minimum Gasteiger partial charge on any atom is -0.373 e. The Morgan fingerprint density at radius 3 is 2.53 bits per heavy atom. The highest BCUT2D eigenvalue weighted by Crippen LogP contribution is 2.17. The molecule has 3 rings (SSSR count). The number of halogens is 1. The van der Waals surface area contributed by atoms with Gasteiger partial charge in [0.2, 0.25) is 0 Å². The molecule has 1 saturated heterocycles. The van der Waals surface area contributed by atoms with Gasteiger partial charge in [-0.3, -0.25) is 4.90 Å². The normalized spacial score (nSPS) is 19.4. The first kappa shape index (κ1) is 26.5. The van der Waals surface area contributed by atoms with Crippen LogP contribution in [0.2, 0.25) is 0 Å². The van der Waals surface area contributed by atoms with E-state index in [4.69, 9.17) is 9.73 Å². The van der Waals surface area contributed by atoms with Gasteiger partial charge >= 0.3 is 0 Å². The Hall–Kier alpha value is -1.72. The predicted molar refractivity (Wildman–Crippen MR) is 139 cm³/mol. The van der Waals surface area contributed by atoms with E-state index in [1.807, 2.05) is 0 Å². The molecule has 2 aromatic rings. The van der Waals surface area contributed by atoms with Crippen LogP contribution in [0.25, 0.3) is 0 Å². The molecule has 2 heterocycles. The molecule has 1 aliphatic rings. The number of morpholine rings is 1. The van der Waals surface area contributed by atoms with E-state index < -0.39 is 0 Å². The first-order chi connectivity index (χ1) is 15.1. The molecule has 0 saturated carbocycles. The molecule has 0 radical (unpaired) electrons. The number of hydrogen-bond acceptors (Lipinski definition) is 5. The van der Waals surface area contributed by atoms with Gasteiger partial charge in [-0.15, -0.1) is 34.2 Å². The number of aryl methyl sites for hydroxylation is 1. The van der Waals surface area contributed by atoms with Gasteiger partial charge < -0.3 is 19.9 Å². The average Bonchev–Trinajstić information content (AvgIpc) is 3.20. The number of guanidine groups is 1. The van der Waals surface area contributed by atoms with Crippen LogP contribution in [-0.4, -0.2) is 64.0 Å². The van der Waals surface area contributed by atoms with Crippen molar-refractivity contribution in [3.8, 4) is 0 Å². The Labute approximate surface area is 209 Å². The summed E-state index contributed by atoms with van der Waals surface area (Å²) < 4.78 is 7.96. The second-order valence-electron chi connectivity index (χ2n) is 8.14. The highest BCUT2D eigenvalue weighted by atomic mass is 127. The third-order valence-corrected chi connectivity index (χ3v) is 5.42. The average molecular weight is 556 g/mol. The van der Waals surface area contributed by atoms with Crippen LogP contribution in [0, 0.1) is 0 Å². The molecule has 178 valence electrons. The second kappa shape index (κ2) is 13.7. The van der Waals surface area contributed by atoms with E-state index in [0.717, 1.165) is 57.5 Å². The van der Waals surface area contributed by atoms with Crippen LogP contribution < -0.4 is 10.6 Å². The summed E-state index contributed by atoms with van der Waals surface area (Å²) in [6.07, 6.45) is 3.22. The lowest BCUT2D eigenvalue weighted by Gasteiger charge is -2.35. The lowest BCUT2D eigenvalue weighted by molar-refractivity contribution is -0.0705. The first-order valence-electron chi connectivity index (χ1n) is 11.4. The molecule has 1 fully saturated rings. The molecule has 1 aliphatic heterocycles. The summed E-state index contributed by atoms with van der Waals surface area (Å²) in [4.78, 5) is 7.32. The molecule has 0 bridgehead atoms. The largest absolute Gasteiger partial charge is 0.373 e. The zero-order valence-electron chi connectivity index (χ0n) is 19.8. The molecule has 1 aromatic heterocycles. The Balaban J connectivity index is 0.00000363. The lowest BCUT2D eigenvalue weighted by Crippen LogP contribution is -2.44. The van der Waals surface area contributed by atoms with Crippen molar-refractivity contribution >= 4 is 29.9 Å². The molecular formula is C23H38IN7O. The number of rotatable bonds is 9. The van der Waals surface area contributed by atoms with Gasteiger partial charge in [0, 0.05) is 45.7 Å². The fraction of sp³-hybridized carbons (Fsp3) is 0.609. The molecule has 0 spiro atoms. The Bertz CT molecular complexity index is 831. The maximum absolute atomic E-state index is 5.88. The summed E-state index contributed by atoms with van der Waals surface area (Å²) in [7, 11) is 0. The van der Waals surface area contributed by atoms with Crippen molar-refractivity contribution in [1.29, 1.82) is 0 Å². The van der Waals surface area contributed by atoms with Crippen molar-refractivity contribution in [3.05, 3.63) is 47.5 Å². The van der Waals surface area contributed by atoms with E-state index in [9.17, 15) is 0 Å². The van der Waals surface area contributed by atoms with Crippen molar-refractivity contribution in [3.63, 3.8) is 0 Å². The molecule has 2 N–H and O–H groups in total. The monoisotopic (exact) mass is 555 g/mol. The first-order valence-corrected chi connectivity index (χ1v) is 11.4. The number of nitrogens with one attached hydrogen (secondary N) is 2. The Morgan fingerprint density at radius 2 is 1.84 bits per heavy atom. The minimum atomic E-state index is 0. The van der Waals surface area contributed by atoms with E-state index in [-0.39, 0.29) is 36.2 Å². The number of aromatic nitrogens is 3. The lowest BCUT2D eigenvalue weighted by atomic mass is 10.1. The van der Waals surface area contributed by atoms with E-state index >= 15 is 0 Å². The second-order valence-corrected chi connectivity index (χ2v) is 8.14. The van der Waals surface area contributed by atoms with E-state index in [0.29, 0.717) is 6.54 Å². The molecule has 9 heteroatoms. The molecule has 2 unspecified atom stereocenters. The third kappa shape index (κ3) is 8.00. The maximum atomic E-state index is 5.88. The van der Waals surface area contributed by atoms with Crippen LogP contribution >= 0.6 is 24.0 Å². The van der Waals surface area contributed by atoms with Crippen molar-refractivity contribution in [2.75, 3.05) is 26.2 Å². The van der Waals surface area contributed by atoms with Gasteiger partial charge in [0.15, 0.2) is 5.96 Å². The highest BCUT2D eigenvalue weighted by Gasteiger charge is 2.22. The summed E-state index contributed by atoms with van der Waals surface area (Å²) in [5.41, 5.74) is 2.60. The van der Waals surface area contributed by atoms with Crippen molar-refractivity contribution in [2.45, 2.75) is 66.0 Å². The molecule has 1 aromatic carbocycles. The maximum Gasteiger partial charge on any atom is 0.191 e. The molecule has 2 atom stereocenters. The van der Waals surface area contributed by atoms with Gasteiger partial charge in [-0.1, -0.05) is 31.2 Å². The van der Waals surface area contributed by atoms with Gasteiger partial charge in [0.05, 0.1) is 18.8 Å². The fourth-order valence-electron chi connectivity index (χ4n) is 4.06. The Morgan fingerprint density at radius 1 is 1.12 bits per heavy atom. The van der Waals surface area contributed by atoms with Crippen molar-refractivity contribution in [1.82, 2.24) is 30.3 Å². The standard InChI is InChI=1S/C23H37N7O.HI/c1-5-22-28-27-17-30(22)12-11-25-23(24-6-2)26-13-20-9-7-8-10-21(20)16-29-14-18(3)31-19(4)15-29;/h7-10,17-19H,5-6,11-16H2,1-4H3,(H2,24,25,26);1H. The topological polar surface area (TPSA) is 79.6 Å². The third-order valence-electron chi connectivity index (χ3n) is 5.42. The summed E-state index contributed by atoms with van der Waals surface area (Å²) in [6.45, 7) is 14.4. The van der Waals surface area contributed by atoms with Crippen LogP contribution in [0.15, 0.2) is 35.6 Å². The van der Waals surface area contributed by atoms with Gasteiger partial charge in [-0.2, -0.15) is 0 Å². The van der Waals surface area contributed by atoms with Crippen LogP contribution in [0.4, 0.5) is 0 Å². The van der Waals surface area contributed by atoms with E-state index in [1.165, 1.54) is 11.1 Å². The molecule has 0 aliphatic carbocycles. The SMILES string of the molecule is CCNC(=NCc1ccccc1CN1CC(C)OC(C)C1)NCCn1cnnc1CC.I. The molecule has 32 heavy (non-hydrogen) atoms. The van der Waals surface area contributed by atoms with Crippen molar-refractivity contribution < 1.29 is 4.74 Å². The summed E-state index contributed by atoms with van der Waals surface area (Å²) in [5.74, 6) is 1.83. The molecule has 0 amide bonds. The van der Waals surface area contributed by atoms with Gasteiger partial charge in [-0.25, -0.2) is 4.99 Å². The highest BCUT2D eigenvalue weighted by molar-refractivity contribution is 14.0. The van der Waals surface area contributed by atoms with Crippen LogP contribution in [-0.2, 0) is 30.8 Å². The number of benzene rings is 1. The van der Waals surface area contributed by atoms with Gasteiger partial charge in [-0.05, 0) is 31.9 Å². The van der Waals surface area contributed by atoms with E-state index in [2.05, 4.69) is 82.3 Å². The minimum absolute atomic E-state index is 0. The van der Waals surface area contributed by atoms with Crippen LogP contribution in [0.3, 0.4) is 0 Å². The zero-order chi connectivity index (χ0) is 22.1. The Kier molecular flexibility index (Phi) is 11.4. The van der Waals surface area contributed by atoms with Crippen LogP contribution in [0.5, 0.6) is 0 Å². The van der Waals surface area contributed by atoms with Gasteiger partial charge in [0.1, 0.15) is 12.2 Å². The summed E-state index contributed by atoms with van der Waals surface area (Å²) >= 11 is 0. The summed E-state index contributed by atoms with van der Waals surface area (Å²) in [6, 6.07) is 8.61. The number of aliphatic imine (C=N–C) groups is 1. The predicted octanol–water partition coefficient (Wildman–Crippen LogP) is 2.82. The van der Waals surface area contributed by atoms with Crippen LogP contribution in [0.1, 0.15) is 44.6 Å². The van der Waals surface area contributed by atoms with Gasteiger partial charge in [0.25, 0.3) is 0 Å². The van der Waals surface area contributed by atoms with E-state index in [1.54, 1.807) is 6.33 Å².